The topological polar surface area (TPSA) is 41.1 Å². The van der Waals surface area contributed by atoms with Crippen molar-refractivity contribution >= 4 is 5.91 Å². The van der Waals surface area contributed by atoms with Crippen LogP contribution in [0.4, 0.5) is 0 Å². The van der Waals surface area contributed by atoms with Crippen LogP contribution in [0.3, 0.4) is 0 Å². The summed E-state index contributed by atoms with van der Waals surface area (Å²) in [6.07, 6.45) is 4.00. The van der Waals surface area contributed by atoms with Gasteiger partial charge in [0.15, 0.2) is 0 Å². The second-order valence-corrected chi connectivity index (χ2v) is 5.08. The molecule has 0 aromatic heterocycles. The molecule has 1 heterocycles. The van der Waals surface area contributed by atoms with Crippen molar-refractivity contribution in [3.8, 4) is 0 Å². The molecule has 1 saturated heterocycles. The zero-order valence-corrected chi connectivity index (χ0v) is 10.4. The first-order chi connectivity index (χ1) is 6.96. The summed E-state index contributed by atoms with van der Waals surface area (Å²) in [6, 6.07) is 0. The van der Waals surface area contributed by atoms with Crippen LogP contribution in [0, 0.1) is 0 Å². The van der Waals surface area contributed by atoms with Crippen LogP contribution in [-0.2, 0) is 4.79 Å². The van der Waals surface area contributed by atoms with Crippen LogP contribution >= 0.6 is 0 Å². The summed E-state index contributed by atoms with van der Waals surface area (Å²) in [5.41, 5.74) is -0.393. The van der Waals surface area contributed by atoms with E-state index in [0.717, 1.165) is 32.2 Å². The van der Waals surface area contributed by atoms with E-state index in [4.69, 9.17) is 0 Å². The highest BCUT2D eigenvalue weighted by Crippen LogP contribution is 2.21. The van der Waals surface area contributed by atoms with Gasteiger partial charge in [0.25, 0.3) is 0 Å². The third-order valence-electron chi connectivity index (χ3n) is 3.85. The maximum atomic E-state index is 12.1. The van der Waals surface area contributed by atoms with Gasteiger partial charge in [0.1, 0.15) is 0 Å². The predicted octanol–water partition coefficient (Wildman–Crippen LogP) is 1.82. The van der Waals surface area contributed by atoms with Crippen molar-refractivity contribution in [2.24, 2.45) is 0 Å². The van der Waals surface area contributed by atoms with Gasteiger partial charge in [-0.3, -0.25) is 4.79 Å². The lowest BCUT2D eigenvalue weighted by molar-refractivity contribution is -0.128. The standard InChI is InChI=1S/C12H24N2O/c1-5-11(3,6-2)14-10(15)12(4)8-7-9-13-12/h13H,5-9H2,1-4H3,(H,14,15). The van der Waals surface area contributed by atoms with Crippen LogP contribution in [0.2, 0.25) is 0 Å². The summed E-state index contributed by atoms with van der Waals surface area (Å²) in [5, 5.41) is 6.47. The van der Waals surface area contributed by atoms with E-state index in [0.29, 0.717) is 0 Å². The molecule has 3 nitrogen and oxygen atoms in total. The van der Waals surface area contributed by atoms with Gasteiger partial charge in [-0.1, -0.05) is 13.8 Å². The van der Waals surface area contributed by atoms with Crippen molar-refractivity contribution in [3.05, 3.63) is 0 Å². The molecule has 0 radical (unpaired) electrons. The zero-order chi connectivity index (χ0) is 11.5. The number of hydrogen-bond acceptors (Lipinski definition) is 2. The van der Waals surface area contributed by atoms with E-state index in [1.807, 2.05) is 6.92 Å². The molecule has 0 aromatic rings. The zero-order valence-electron chi connectivity index (χ0n) is 10.4. The molecule has 3 heteroatoms. The van der Waals surface area contributed by atoms with Gasteiger partial charge >= 0.3 is 0 Å². The molecule has 1 fully saturated rings. The second-order valence-electron chi connectivity index (χ2n) is 5.08. The molecular formula is C12H24N2O. The van der Waals surface area contributed by atoms with Crippen molar-refractivity contribution in [1.82, 2.24) is 10.6 Å². The quantitative estimate of drug-likeness (QED) is 0.746. The molecule has 0 spiro atoms. The predicted molar refractivity (Wildman–Crippen MR) is 62.8 cm³/mol. The normalized spacial score (nSPS) is 26.7. The van der Waals surface area contributed by atoms with E-state index in [-0.39, 0.29) is 17.0 Å². The first-order valence-corrected chi connectivity index (χ1v) is 6.03. The highest BCUT2D eigenvalue weighted by Gasteiger charge is 2.38. The van der Waals surface area contributed by atoms with Crippen LogP contribution in [0.5, 0.6) is 0 Å². The molecule has 0 aliphatic carbocycles. The summed E-state index contributed by atoms with van der Waals surface area (Å²) < 4.78 is 0. The molecule has 1 aliphatic rings. The summed E-state index contributed by atoms with van der Waals surface area (Å²) in [6.45, 7) is 9.31. The van der Waals surface area contributed by atoms with Crippen molar-refractivity contribution in [2.45, 2.75) is 64.5 Å². The Morgan fingerprint density at radius 3 is 2.47 bits per heavy atom. The summed E-state index contributed by atoms with van der Waals surface area (Å²) in [4.78, 5) is 12.1. The maximum absolute atomic E-state index is 12.1. The lowest BCUT2D eigenvalue weighted by atomic mass is 9.92. The van der Waals surface area contributed by atoms with E-state index in [2.05, 4.69) is 31.4 Å². The largest absolute Gasteiger partial charge is 0.349 e. The number of rotatable bonds is 4. The average molecular weight is 212 g/mol. The van der Waals surface area contributed by atoms with Gasteiger partial charge < -0.3 is 10.6 Å². The van der Waals surface area contributed by atoms with Gasteiger partial charge in [0.2, 0.25) is 5.91 Å². The fraction of sp³-hybridized carbons (Fsp3) is 0.917. The smallest absolute Gasteiger partial charge is 0.240 e. The number of amides is 1. The lowest BCUT2D eigenvalue weighted by Crippen LogP contribution is -2.57. The molecule has 0 bridgehead atoms. The SMILES string of the molecule is CCC(C)(CC)NC(=O)C1(C)CCCN1. The first-order valence-electron chi connectivity index (χ1n) is 6.03. The Bertz CT molecular complexity index is 228. The fourth-order valence-corrected chi connectivity index (χ4v) is 1.93. The van der Waals surface area contributed by atoms with E-state index < -0.39 is 0 Å². The Morgan fingerprint density at radius 1 is 1.47 bits per heavy atom. The van der Waals surface area contributed by atoms with Gasteiger partial charge in [0.05, 0.1) is 5.54 Å². The number of nitrogens with one attached hydrogen (secondary N) is 2. The summed E-state index contributed by atoms with van der Waals surface area (Å²) >= 11 is 0. The summed E-state index contributed by atoms with van der Waals surface area (Å²) in [7, 11) is 0. The van der Waals surface area contributed by atoms with Crippen molar-refractivity contribution in [2.75, 3.05) is 6.54 Å². The highest BCUT2D eigenvalue weighted by molar-refractivity contribution is 5.86. The monoisotopic (exact) mass is 212 g/mol. The minimum Gasteiger partial charge on any atom is -0.349 e. The Hall–Kier alpha value is -0.570. The minimum atomic E-state index is -0.342. The molecule has 1 rings (SSSR count). The van der Waals surface area contributed by atoms with E-state index in [1.165, 1.54) is 0 Å². The molecule has 15 heavy (non-hydrogen) atoms. The van der Waals surface area contributed by atoms with Gasteiger partial charge in [0, 0.05) is 5.54 Å². The minimum absolute atomic E-state index is 0.0512. The summed E-state index contributed by atoms with van der Waals surface area (Å²) in [5.74, 6) is 0.159. The molecule has 88 valence electrons. The Balaban J connectivity index is 2.61. The van der Waals surface area contributed by atoms with Gasteiger partial charge in [-0.15, -0.1) is 0 Å². The second kappa shape index (κ2) is 4.52. The van der Waals surface area contributed by atoms with E-state index in [9.17, 15) is 4.79 Å². The number of hydrogen-bond donors (Lipinski definition) is 2. The van der Waals surface area contributed by atoms with Crippen molar-refractivity contribution in [3.63, 3.8) is 0 Å². The van der Waals surface area contributed by atoms with Crippen molar-refractivity contribution in [1.29, 1.82) is 0 Å². The van der Waals surface area contributed by atoms with Gasteiger partial charge in [-0.2, -0.15) is 0 Å². The highest BCUT2D eigenvalue weighted by atomic mass is 16.2. The molecule has 1 aliphatic heterocycles. The van der Waals surface area contributed by atoms with Crippen molar-refractivity contribution < 1.29 is 4.79 Å². The van der Waals surface area contributed by atoms with Crippen LogP contribution in [0.15, 0.2) is 0 Å². The molecule has 1 amide bonds. The van der Waals surface area contributed by atoms with Crippen LogP contribution < -0.4 is 10.6 Å². The molecule has 1 unspecified atom stereocenters. The lowest BCUT2D eigenvalue weighted by Gasteiger charge is -2.33. The number of carbonyl (C=O) groups is 1. The van der Waals surface area contributed by atoms with Crippen LogP contribution in [0.1, 0.15) is 53.4 Å². The van der Waals surface area contributed by atoms with Gasteiger partial charge in [-0.25, -0.2) is 0 Å². The average Bonchev–Trinajstić information content (AvgIpc) is 2.66. The maximum Gasteiger partial charge on any atom is 0.240 e. The Labute approximate surface area is 93.0 Å². The Kier molecular flexibility index (Phi) is 3.77. The third kappa shape index (κ3) is 2.71. The van der Waals surface area contributed by atoms with E-state index >= 15 is 0 Å². The molecular weight excluding hydrogens is 188 g/mol. The Morgan fingerprint density at radius 2 is 2.07 bits per heavy atom. The molecule has 2 N–H and O–H groups in total. The first kappa shape index (κ1) is 12.5. The third-order valence-corrected chi connectivity index (χ3v) is 3.85. The molecule has 0 saturated carbocycles. The number of carbonyl (C=O) groups excluding carboxylic acids is 1. The van der Waals surface area contributed by atoms with Gasteiger partial charge in [-0.05, 0) is 46.1 Å². The molecule has 1 atom stereocenters. The van der Waals surface area contributed by atoms with Crippen LogP contribution in [-0.4, -0.2) is 23.5 Å². The van der Waals surface area contributed by atoms with Crippen LogP contribution in [0.25, 0.3) is 0 Å². The fourth-order valence-electron chi connectivity index (χ4n) is 1.93. The van der Waals surface area contributed by atoms with E-state index in [1.54, 1.807) is 0 Å². The molecule has 0 aromatic carbocycles.